The number of carbonyl (C=O) groups excluding carboxylic acids is 1. The molecule has 2 aromatic rings. The van der Waals surface area contributed by atoms with Gasteiger partial charge in [-0.05, 0) is 23.4 Å². The van der Waals surface area contributed by atoms with E-state index in [1.54, 1.807) is 19.2 Å². The largest absolute Gasteiger partial charge is 0.288 e. The predicted molar refractivity (Wildman–Crippen MR) is 63.2 cm³/mol. The molecule has 8 heteroatoms. The molecule has 0 aliphatic rings. The number of nitrogens with one attached hydrogen (secondary N) is 1. The van der Waals surface area contributed by atoms with Gasteiger partial charge in [-0.15, -0.1) is 5.10 Å². The van der Waals surface area contributed by atoms with Crippen molar-refractivity contribution in [2.45, 2.75) is 0 Å². The van der Waals surface area contributed by atoms with Gasteiger partial charge in [-0.2, -0.15) is 4.80 Å². The Morgan fingerprint density at radius 3 is 2.71 bits per heavy atom. The van der Waals surface area contributed by atoms with Crippen LogP contribution in [0.3, 0.4) is 0 Å². The molecule has 2 rings (SSSR count). The number of rotatable bonds is 2. The number of benzene rings is 1. The molecule has 0 saturated carbocycles. The molecule has 0 bridgehead atoms. The maximum absolute atomic E-state index is 11.8. The Morgan fingerprint density at radius 2 is 2.12 bits per heavy atom. The summed E-state index contributed by atoms with van der Waals surface area (Å²) in [5.41, 5.74) is 0.367. The molecule has 6 nitrogen and oxygen atoms in total. The van der Waals surface area contributed by atoms with E-state index in [1.807, 2.05) is 0 Å². The molecule has 1 amide bonds. The number of aryl methyl sites for hydroxylation is 1. The van der Waals surface area contributed by atoms with Crippen LogP contribution in [0.25, 0.3) is 0 Å². The fraction of sp³-hybridized carbons (Fsp3) is 0.111. The van der Waals surface area contributed by atoms with Gasteiger partial charge < -0.3 is 0 Å². The maximum Gasteiger partial charge on any atom is 0.270 e. The first kappa shape index (κ1) is 11.8. The summed E-state index contributed by atoms with van der Waals surface area (Å²) in [6.07, 6.45) is 0. The smallest absolute Gasteiger partial charge is 0.270 e. The third kappa shape index (κ3) is 2.72. The van der Waals surface area contributed by atoms with Crippen LogP contribution < -0.4 is 5.32 Å². The van der Waals surface area contributed by atoms with Crippen molar-refractivity contribution in [3.8, 4) is 0 Å². The minimum Gasteiger partial charge on any atom is -0.288 e. The Hall–Kier alpha value is -1.66. The minimum absolute atomic E-state index is 0.128. The van der Waals surface area contributed by atoms with E-state index in [0.717, 1.165) is 0 Å². The van der Waals surface area contributed by atoms with Crippen LogP contribution in [0.4, 0.5) is 5.95 Å². The van der Waals surface area contributed by atoms with Crippen LogP contribution in [-0.4, -0.2) is 26.1 Å². The van der Waals surface area contributed by atoms with Crippen LogP contribution in [0.5, 0.6) is 0 Å². The van der Waals surface area contributed by atoms with Crippen molar-refractivity contribution >= 4 is 35.1 Å². The van der Waals surface area contributed by atoms with Crippen LogP contribution in [0, 0.1) is 0 Å². The topological polar surface area (TPSA) is 72.7 Å². The van der Waals surface area contributed by atoms with Crippen LogP contribution >= 0.6 is 23.2 Å². The van der Waals surface area contributed by atoms with Gasteiger partial charge in [-0.25, -0.2) is 0 Å². The summed E-state index contributed by atoms with van der Waals surface area (Å²) in [5.74, 6) is -0.250. The van der Waals surface area contributed by atoms with Crippen molar-refractivity contribution in [3.63, 3.8) is 0 Å². The Kier molecular flexibility index (Phi) is 3.26. The summed E-state index contributed by atoms with van der Waals surface area (Å²) in [6, 6.07) is 4.57. The second-order valence-corrected chi connectivity index (χ2v) is 4.00. The van der Waals surface area contributed by atoms with Gasteiger partial charge in [0.1, 0.15) is 0 Å². The number of carbonyl (C=O) groups is 1. The molecular formula is C9H7Cl2N5O. The first-order valence-corrected chi connectivity index (χ1v) is 5.32. The van der Waals surface area contributed by atoms with E-state index in [4.69, 9.17) is 23.2 Å². The van der Waals surface area contributed by atoms with Gasteiger partial charge in [0, 0.05) is 5.56 Å². The highest BCUT2D eigenvalue weighted by Crippen LogP contribution is 2.22. The van der Waals surface area contributed by atoms with E-state index in [0.29, 0.717) is 15.6 Å². The number of hydrogen-bond acceptors (Lipinski definition) is 4. The number of anilines is 1. The molecule has 1 aromatic carbocycles. The van der Waals surface area contributed by atoms with Crippen molar-refractivity contribution in [1.29, 1.82) is 0 Å². The number of tetrazole rings is 1. The van der Waals surface area contributed by atoms with E-state index in [9.17, 15) is 4.79 Å². The van der Waals surface area contributed by atoms with Crippen LogP contribution in [0.1, 0.15) is 10.4 Å². The molecule has 1 aromatic heterocycles. The molecule has 0 aliphatic carbocycles. The fourth-order valence-electron chi connectivity index (χ4n) is 1.15. The quantitative estimate of drug-likeness (QED) is 0.904. The lowest BCUT2D eigenvalue weighted by Crippen LogP contribution is -2.13. The van der Waals surface area contributed by atoms with Crippen molar-refractivity contribution in [2.75, 3.05) is 5.32 Å². The van der Waals surface area contributed by atoms with Crippen molar-refractivity contribution in [2.24, 2.45) is 7.05 Å². The van der Waals surface area contributed by atoms with Crippen LogP contribution in [-0.2, 0) is 7.05 Å². The Balaban J connectivity index is 2.17. The van der Waals surface area contributed by atoms with E-state index < -0.39 is 0 Å². The highest BCUT2D eigenvalue weighted by Gasteiger charge is 2.10. The summed E-state index contributed by atoms with van der Waals surface area (Å²) in [4.78, 5) is 13.0. The molecule has 1 N–H and O–H groups in total. The zero-order valence-electron chi connectivity index (χ0n) is 8.69. The number of nitrogens with zero attached hydrogens (tertiary/aromatic N) is 4. The highest BCUT2D eigenvalue weighted by molar-refractivity contribution is 6.42. The Labute approximate surface area is 107 Å². The molecule has 0 radical (unpaired) electrons. The standard InChI is InChI=1S/C9H7Cl2N5O/c1-16-14-9(13-15-16)12-8(17)5-2-3-6(10)7(11)4-5/h2-4H,1H3,(H,12,14,17). The fourth-order valence-corrected chi connectivity index (χ4v) is 1.44. The zero-order valence-corrected chi connectivity index (χ0v) is 10.2. The van der Waals surface area contributed by atoms with Gasteiger partial charge in [0.05, 0.1) is 17.1 Å². The van der Waals surface area contributed by atoms with Gasteiger partial charge >= 0.3 is 0 Å². The number of hydrogen-bond donors (Lipinski definition) is 1. The number of aromatic nitrogens is 4. The molecule has 0 aliphatic heterocycles. The lowest BCUT2D eigenvalue weighted by molar-refractivity contribution is 0.102. The van der Waals surface area contributed by atoms with Crippen molar-refractivity contribution in [1.82, 2.24) is 20.2 Å². The second-order valence-electron chi connectivity index (χ2n) is 3.19. The SMILES string of the molecule is Cn1nnc(NC(=O)c2ccc(Cl)c(Cl)c2)n1. The first-order valence-electron chi connectivity index (χ1n) is 4.56. The van der Waals surface area contributed by atoms with Crippen molar-refractivity contribution < 1.29 is 4.79 Å². The highest BCUT2D eigenvalue weighted by atomic mass is 35.5. The average molecular weight is 272 g/mol. The maximum atomic E-state index is 11.8. The van der Waals surface area contributed by atoms with Gasteiger partial charge in [0.2, 0.25) is 0 Å². The van der Waals surface area contributed by atoms with Gasteiger partial charge in [-0.3, -0.25) is 10.1 Å². The molecule has 0 unspecified atom stereocenters. The summed E-state index contributed by atoms with van der Waals surface area (Å²) in [6.45, 7) is 0. The zero-order chi connectivity index (χ0) is 12.4. The summed E-state index contributed by atoms with van der Waals surface area (Å²) >= 11 is 11.6. The second kappa shape index (κ2) is 4.68. The van der Waals surface area contributed by atoms with Gasteiger partial charge in [0.25, 0.3) is 11.9 Å². The summed E-state index contributed by atoms with van der Waals surface area (Å²) < 4.78 is 0. The molecule has 0 saturated heterocycles. The van der Waals surface area contributed by atoms with E-state index in [1.165, 1.54) is 10.9 Å². The molecule has 17 heavy (non-hydrogen) atoms. The van der Waals surface area contributed by atoms with Gasteiger partial charge in [0.15, 0.2) is 0 Å². The van der Waals surface area contributed by atoms with Gasteiger partial charge in [-0.1, -0.05) is 28.3 Å². The molecule has 88 valence electrons. The molecule has 0 atom stereocenters. The Morgan fingerprint density at radius 1 is 1.35 bits per heavy atom. The van der Waals surface area contributed by atoms with E-state index in [-0.39, 0.29) is 11.9 Å². The third-order valence-electron chi connectivity index (χ3n) is 1.92. The monoisotopic (exact) mass is 271 g/mol. The van der Waals surface area contributed by atoms with Crippen molar-refractivity contribution in [3.05, 3.63) is 33.8 Å². The van der Waals surface area contributed by atoms with Crippen LogP contribution in [0.15, 0.2) is 18.2 Å². The third-order valence-corrected chi connectivity index (χ3v) is 2.65. The molecule has 0 spiro atoms. The summed E-state index contributed by atoms with van der Waals surface area (Å²) in [5, 5.41) is 14.2. The lowest BCUT2D eigenvalue weighted by Gasteiger charge is -2.02. The summed E-state index contributed by atoms with van der Waals surface area (Å²) in [7, 11) is 1.60. The molecule has 1 heterocycles. The van der Waals surface area contributed by atoms with Crippen LogP contribution in [0.2, 0.25) is 10.0 Å². The normalized spacial score (nSPS) is 10.3. The van der Waals surface area contributed by atoms with E-state index in [2.05, 4.69) is 20.7 Å². The Bertz CT molecular complexity index is 568. The predicted octanol–water partition coefficient (Wildman–Crippen LogP) is 1.77. The molecular weight excluding hydrogens is 265 g/mol. The van der Waals surface area contributed by atoms with E-state index >= 15 is 0 Å². The number of amides is 1. The molecule has 0 fully saturated rings. The minimum atomic E-state index is -0.378. The average Bonchev–Trinajstić information content (AvgIpc) is 2.68. The first-order chi connectivity index (χ1) is 8.06. The number of halogens is 2. The lowest BCUT2D eigenvalue weighted by atomic mass is 10.2.